The zero-order valence-electron chi connectivity index (χ0n) is 23.2. The smallest absolute Gasteiger partial charge is 0.171 e. The highest BCUT2D eigenvalue weighted by Crippen LogP contribution is 2.67. The van der Waals surface area contributed by atoms with Crippen LogP contribution in [0.15, 0.2) is 36.2 Å². The van der Waals surface area contributed by atoms with E-state index in [0.717, 1.165) is 35.5 Å². The second kappa shape index (κ2) is 9.40. The summed E-state index contributed by atoms with van der Waals surface area (Å²) < 4.78 is 2.52. The highest BCUT2D eigenvalue weighted by atomic mass is 15.0. The molecule has 0 bridgehead atoms. The third-order valence-corrected chi connectivity index (χ3v) is 11.7. The Bertz CT molecular complexity index is 898. The van der Waals surface area contributed by atoms with Crippen LogP contribution in [0.4, 0.5) is 0 Å². The van der Waals surface area contributed by atoms with Crippen molar-refractivity contribution in [1.82, 2.24) is 0 Å². The molecule has 0 aliphatic heterocycles. The number of aromatic nitrogens is 1. The van der Waals surface area contributed by atoms with Gasteiger partial charge in [-0.15, -0.1) is 0 Å². The van der Waals surface area contributed by atoms with E-state index in [0.29, 0.717) is 16.9 Å². The Labute approximate surface area is 210 Å². The third kappa shape index (κ3) is 4.22. The van der Waals surface area contributed by atoms with Gasteiger partial charge in [-0.3, -0.25) is 0 Å². The standard InChI is InChI=1S/C33H52N/c1-23(2)9-7-11-25(4)29-14-15-30-28-13-12-26-21-27(34-20-8-10-24(3)22-34)16-18-32(26,5)31(28)17-19-33(29,30)6/h8,10,12,20,22-23,25,27-31H,7,9,11,13-19,21H2,1-6H3/q+1/t25-,27-,28+,29-,30+,31+,32+,33-/m1/s1. The molecule has 0 spiro atoms. The summed E-state index contributed by atoms with van der Waals surface area (Å²) in [5.74, 6) is 5.60. The van der Waals surface area contributed by atoms with Gasteiger partial charge in [0, 0.05) is 24.5 Å². The Hall–Kier alpha value is -1.11. The molecule has 4 aliphatic rings. The van der Waals surface area contributed by atoms with E-state index in [1.165, 1.54) is 76.2 Å². The first-order valence-electron chi connectivity index (χ1n) is 14.9. The summed E-state index contributed by atoms with van der Waals surface area (Å²) in [6.07, 6.45) is 23.1. The van der Waals surface area contributed by atoms with Crippen molar-refractivity contribution >= 4 is 0 Å². The summed E-state index contributed by atoms with van der Waals surface area (Å²) in [6.45, 7) is 15.0. The first kappa shape index (κ1) is 24.6. The van der Waals surface area contributed by atoms with Gasteiger partial charge in [-0.05, 0) is 97.9 Å². The lowest BCUT2D eigenvalue weighted by Gasteiger charge is -2.58. The number of nitrogens with zero attached hydrogens (tertiary/aromatic N) is 1. The van der Waals surface area contributed by atoms with Crippen LogP contribution in [0.2, 0.25) is 0 Å². The summed E-state index contributed by atoms with van der Waals surface area (Å²) >= 11 is 0. The highest BCUT2D eigenvalue weighted by molar-refractivity contribution is 5.25. The summed E-state index contributed by atoms with van der Waals surface area (Å²) in [5.41, 5.74) is 4.27. The molecular formula is C33H52N+. The van der Waals surface area contributed by atoms with Crippen molar-refractivity contribution in [3.8, 4) is 0 Å². The van der Waals surface area contributed by atoms with Crippen LogP contribution in [0, 0.1) is 53.3 Å². The van der Waals surface area contributed by atoms with Gasteiger partial charge >= 0.3 is 0 Å². The highest BCUT2D eigenvalue weighted by Gasteiger charge is 2.59. The van der Waals surface area contributed by atoms with Crippen LogP contribution in [0.5, 0.6) is 0 Å². The Kier molecular flexibility index (Phi) is 6.80. The van der Waals surface area contributed by atoms with Crippen LogP contribution in [-0.2, 0) is 0 Å². The molecule has 1 nitrogen and oxygen atoms in total. The molecule has 5 rings (SSSR count). The molecule has 1 aromatic rings. The maximum Gasteiger partial charge on any atom is 0.171 e. The van der Waals surface area contributed by atoms with Crippen LogP contribution >= 0.6 is 0 Å². The molecule has 1 aromatic heterocycles. The van der Waals surface area contributed by atoms with Crippen LogP contribution in [0.3, 0.4) is 0 Å². The molecule has 1 heteroatoms. The minimum absolute atomic E-state index is 0.464. The van der Waals surface area contributed by atoms with Crippen molar-refractivity contribution in [1.29, 1.82) is 0 Å². The van der Waals surface area contributed by atoms with Crippen LogP contribution in [0.25, 0.3) is 0 Å². The zero-order chi connectivity index (χ0) is 24.1. The molecule has 34 heavy (non-hydrogen) atoms. The second-order valence-corrected chi connectivity index (χ2v) is 14.0. The van der Waals surface area contributed by atoms with E-state index in [1.54, 1.807) is 0 Å². The van der Waals surface area contributed by atoms with E-state index in [9.17, 15) is 0 Å². The number of aryl methyl sites for hydroxylation is 1. The average Bonchev–Trinajstić information content (AvgIpc) is 3.15. The average molecular weight is 463 g/mol. The molecule has 0 radical (unpaired) electrons. The largest absolute Gasteiger partial charge is 0.202 e. The molecule has 3 saturated carbocycles. The SMILES string of the molecule is Cc1ccc[n+]([C@@H]2CC[C@@]3(C)C(=CC[C@H]4[C@@H]5CC[C@H]([C@H](C)CCCC(C)C)[C@@]5(C)CC[C@@H]43)C2)c1. The lowest BCUT2D eigenvalue weighted by molar-refractivity contribution is -0.725. The lowest BCUT2D eigenvalue weighted by atomic mass is 9.47. The first-order valence-corrected chi connectivity index (χ1v) is 14.9. The fraction of sp³-hybridized carbons (Fsp3) is 0.788. The Balaban J connectivity index is 1.31. The molecule has 0 aromatic carbocycles. The van der Waals surface area contributed by atoms with Crippen molar-refractivity contribution in [3.05, 3.63) is 41.7 Å². The fourth-order valence-electron chi connectivity index (χ4n) is 9.76. The lowest BCUT2D eigenvalue weighted by Crippen LogP contribution is -2.52. The van der Waals surface area contributed by atoms with Gasteiger partial charge in [0.25, 0.3) is 0 Å². The number of hydrogen-bond acceptors (Lipinski definition) is 0. The van der Waals surface area contributed by atoms with Crippen LogP contribution in [-0.4, -0.2) is 0 Å². The number of pyridine rings is 1. The quantitative estimate of drug-likeness (QED) is 0.293. The first-order chi connectivity index (χ1) is 16.2. The third-order valence-electron chi connectivity index (χ3n) is 11.7. The minimum Gasteiger partial charge on any atom is -0.202 e. The molecule has 4 aliphatic carbocycles. The van der Waals surface area contributed by atoms with Gasteiger partial charge in [-0.1, -0.05) is 65.5 Å². The number of hydrogen-bond donors (Lipinski definition) is 0. The Morgan fingerprint density at radius 2 is 1.82 bits per heavy atom. The van der Waals surface area contributed by atoms with Crippen LogP contribution < -0.4 is 4.57 Å². The molecule has 0 saturated heterocycles. The van der Waals surface area contributed by atoms with Crippen LogP contribution in [0.1, 0.15) is 117 Å². The van der Waals surface area contributed by atoms with Gasteiger partial charge in [-0.25, -0.2) is 4.57 Å². The van der Waals surface area contributed by atoms with Crippen molar-refractivity contribution in [2.45, 2.75) is 118 Å². The molecule has 188 valence electrons. The Morgan fingerprint density at radius 3 is 2.59 bits per heavy atom. The topological polar surface area (TPSA) is 3.88 Å². The van der Waals surface area contributed by atoms with Gasteiger partial charge in [0.1, 0.15) is 0 Å². The van der Waals surface area contributed by atoms with E-state index in [1.807, 2.05) is 5.57 Å². The molecule has 3 fully saturated rings. The molecule has 1 heterocycles. The molecule has 0 unspecified atom stereocenters. The number of rotatable bonds is 6. The minimum atomic E-state index is 0.464. The second-order valence-electron chi connectivity index (χ2n) is 14.0. The molecule has 0 amide bonds. The molecular weight excluding hydrogens is 410 g/mol. The summed E-state index contributed by atoms with van der Waals surface area (Å²) in [7, 11) is 0. The van der Waals surface area contributed by atoms with E-state index in [-0.39, 0.29) is 0 Å². The van der Waals surface area contributed by atoms with Crippen molar-refractivity contribution in [2.75, 3.05) is 0 Å². The van der Waals surface area contributed by atoms with E-state index in [2.05, 4.69) is 76.7 Å². The predicted molar refractivity (Wildman–Crippen MR) is 143 cm³/mol. The summed E-state index contributed by atoms with van der Waals surface area (Å²) in [5, 5.41) is 0. The van der Waals surface area contributed by atoms with E-state index < -0.39 is 0 Å². The van der Waals surface area contributed by atoms with Gasteiger partial charge in [0.15, 0.2) is 18.4 Å². The molecule has 8 atom stereocenters. The normalized spacial score (nSPS) is 40.3. The van der Waals surface area contributed by atoms with E-state index >= 15 is 0 Å². The van der Waals surface area contributed by atoms with Crippen molar-refractivity contribution in [2.24, 2.45) is 46.3 Å². The van der Waals surface area contributed by atoms with Gasteiger partial charge in [-0.2, -0.15) is 0 Å². The number of fused-ring (bicyclic) bond motifs is 5. The Morgan fingerprint density at radius 1 is 1.00 bits per heavy atom. The summed E-state index contributed by atoms with van der Waals surface area (Å²) in [4.78, 5) is 0. The monoisotopic (exact) mass is 462 g/mol. The molecule has 0 N–H and O–H groups in total. The van der Waals surface area contributed by atoms with Gasteiger partial charge in [0.2, 0.25) is 0 Å². The number of allylic oxidation sites excluding steroid dienone is 2. The fourth-order valence-corrected chi connectivity index (χ4v) is 9.76. The van der Waals surface area contributed by atoms with Gasteiger partial charge in [0.05, 0.1) is 0 Å². The predicted octanol–water partition coefficient (Wildman–Crippen LogP) is 8.87. The van der Waals surface area contributed by atoms with E-state index in [4.69, 9.17) is 0 Å². The maximum absolute atomic E-state index is 2.76. The maximum atomic E-state index is 2.76. The van der Waals surface area contributed by atoms with Gasteiger partial charge < -0.3 is 0 Å². The van der Waals surface area contributed by atoms with Crippen molar-refractivity contribution < 1.29 is 4.57 Å². The zero-order valence-corrected chi connectivity index (χ0v) is 23.2. The summed E-state index contributed by atoms with van der Waals surface area (Å²) in [6, 6.07) is 5.12. The van der Waals surface area contributed by atoms with Crippen molar-refractivity contribution in [3.63, 3.8) is 0 Å².